The van der Waals surface area contributed by atoms with Crippen LogP contribution in [0.4, 0.5) is 0 Å². The number of hydrogen-bond acceptors (Lipinski definition) is 2. The van der Waals surface area contributed by atoms with Gasteiger partial charge in [-0.3, -0.25) is 4.98 Å². The fraction of sp³-hybridized carbons (Fsp3) is 0.114. The molecule has 0 aliphatic heterocycles. The Labute approximate surface area is 271 Å². The number of allylic oxidation sites excluding steroid dienone is 2. The first-order chi connectivity index (χ1) is 22.6. The van der Waals surface area contributed by atoms with Gasteiger partial charge in [0, 0.05) is 17.3 Å². The molecular formula is C44H38N2. The van der Waals surface area contributed by atoms with Gasteiger partial charge in [-0.15, -0.1) is 0 Å². The van der Waals surface area contributed by atoms with Crippen molar-refractivity contribution in [1.29, 1.82) is 0 Å². The molecule has 2 N–H and O–H groups in total. The first-order valence-electron chi connectivity index (χ1n) is 16.1. The van der Waals surface area contributed by atoms with E-state index in [-0.39, 0.29) is 0 Å². The van der Waals surface area contributed by atoms with E-state index in [0.717, 1.165) is 35.2 Å². The molecule has 224 valence electrons. The molecule has 0 radical (unpaired) electrons. The summed E-state index contributed by atoms with van der Waals surface area (Å²) >= 11 is 0. The van der Waals surface area contributed by atoms with E-state index in [9.17, 15) is 0 Å². The van der Waals surface area contributed by atoms with Crippen molar-refractivity contribution in [2.24, 2.45) is 5.73 Å². The quantitative estimate of drug-likeness (QED) is 0.178. The second-order valence-electron chi connectivity index (χ2n) is 12.0. The molecule has 7 aromatic rings. The molecule has 0 bridgehead atoms. The molecular weight excluding hydrogens is 556 g/mol. The Hall–Kier alpha value is -5.31. The molecule has 0 spiro atoms. The number of nitrogens with two attached hydrogens (primary N) is 1. The number of aryl methyl sites for hydroxylation is 1. The average molecular weight is 595 g/mol. The van der Waals surface area contributed by atoms with Gasteiger partial charge in [0.2, 0.25) is 0 Å². The van der Waals surface area contributed by atoms with Crippen molar-refractivity contribution in [1.82, 2.24) is 4.98 Å². The normalized spacial score (nSPS) is 11.6. The molecule has 1 aromatic heterocycles. The van der Waals surface area contributed by atoms with Crippen LogP contribution in [0.15, 0.2) is 134 Å². The van der Waals surface area contributed by atoms with Crippen LogP contribution >= 0.6 is 0 Å². The number of fused-ring (bicyclic) bond motifs is 3. The minimum atomic E-state index is 0.647. The zero-order valence-corrected chi connectivity index (χ0v) is 26.6. The summed E-state index contributed by atoms with van der Waals surface area (Å²) in [5.74, 6) is 0. The van der Waals surface area contributed by atoms with Gasteiger partial charge in [0.1, 0.15) is 0 Å². The van der Waals surface area contributed by atoms with E-state index in [4.69, 9.17) is 10.7 Å². The maximum Gasteiger partial charge on any atom is 0.0783 e. The van der Waals surface area contributed by atoms with E-state index < -0.39 is 0 Å². The van der Waals surface area contributed by atoms with Crippen molar-refractivity contribution in [3.8, 4) is 33.5 Å². The van der Waals surface area contributed by atoms with Crippen LogP contribution in [0.1, 0.15) is 36.5 Å². The highest BCUT2D eigenvalue weighted by Gasteiger charge is 2.20. The van der Waals surface area contributed by atoms with Gasteiger partial charge in [0.25, 0.3) is 0 Å². The second kappa shape index (κ2) is 12.6. The molecule has 1 heterocycles. The number of nitrogens with zero attached hydrogens (tertiary/aromatic N) is 1. The van der Waals surface area contributed by atoms with Crippen LogP contribution in [-0.4, -0.2) is 11.5 Å². The Kier molecular flexibility index (Phi) is 8.05. The molecule has 0 aliphatic rings. The summed E-state index contributed by atoms with van der Waals surface area (Å²) in [4.78, 5) is 4.91. The largest absolute Gasteiger partial charge is 0.330 e. The van der Waals surface area contributed by atoms with Gasteiger partial charge in [-0.2, -0.15) is 0 Å². The van der Waals surface area contributed by atoms with E-state index >= 15 is 0 Å². The lowest BCUT2D eigenvalue weighted by atomic mass is 9.83. The smallest absolute Gasteiger partial charge is 0.0783 e. The van der Waals surface area contributed by atoms with E-state index in [0.29, 0.717) is 6.54 Å². The number of aromatic nitrogens is 1. The van der Waals surface area contributed by atoms with E-state index in [1.807, 2.05) is 12.3 Å². The molecule has 6 aromatic carbocycles. The summed E-state index contributed by atoms with van der Waals surface area (Å²) < 4.78 is 0. The summed E-state index contributed by atoms with van der Waals surface area (Å²) in [7, 11) is 0. The first kappa shape index (κ1) is 29.4. The third-order valence-corrected chi connectivity index (χ3v) is 9.17. The SMILES string of the molecule is C=C(CCCN)c1cccnc1-c1ccc(-c2c3ccccc3c(-c3ccc(C)c(/C=C\C)c3)c3ccccc23)c2ccccc12. The fourth-order valence-electron chi connectivity index (χ4n) is 6.96. The van der Waals surface area contributed by atoms with Gasteiger partial charge in [-0.25, -0.2) is 0 Å². The third kappa shape index (κ3) is 5.11. The Bertz CT molecular complexity index is 2230. The highest BCUT2D eigenvalue weighted by atomic mass is 14.7. The molecule has 0 amide bonds. The fourth-order valence-corrected chi connectivity index (χ4v) is 6.96. The van der Waals surface area contributed by atoms with Gasteiger partial charge in [0.05, 0.1) is 5.69 Å². The first-order valence-corrected chi connectivity index (χ1v) is 16.1. The highest BCUT2D eigenvalue weighted by Crippen LogP contribution is 2.46. The zero-order valence-electron chi connectivity index (χ0n) is 26.6. The van der Waals surface area contributed by atoms with Gasteiger partial charge in [-0.05, 0) is 117 Å². The maximum absolute atomic E-state index is 5.84. The second-order valence-corrected chi connectivity index (χ2v) is 12.0. The van der Waals surface area contributed by atoms with Crippen LogP contribution in [0.5, 0.6) is 0 Å². The lowest BCUT2D eigenvalue weighted by molar-refractivity contribution is 0.866. The lowest BCUT2D eigenvalue weighted by Gasteiger charge is -2.20. The van der Waals surface area contributed by atoms with Gasteiger partial charge in [-0.1, -0.05) is 122 Å². The molecule has 46 heavy (non-hydrogen) atoms. The van der Waals surface area contributed by atoms with Crippen molar-refractivity contribution in [3.63, 3.8) is 0 Å². The summed E-state index contributed by atoms with van der Waals surface area (Å²) in [5.41, 5.74) is 17.6. The number of benzene rings is 6. The van der Waals surface area contributed by atoms with Crippen molar-refractivity contribution < 1.29 is 0 Å². The predicted molar refractivity (Wildman–Crippen MR) is 200 cm³/mol. The molecule has 0 atom stereocenters. The minimum absolute atomic E-state index is 0.647. The standard InChI is InChI=1S/C44H38N2/c1-4-13-31-28-32(23-22-29(31)2)42-36-17-7-9-19-38(36)43(39-20-10-8-18-37(39)42)40-24-25-41(35-16-6-5-15-34(35)40)44-33(21-12-27-46-44)30(3)14-11-26-45/h4-10,12-13,15-25,27-28H,3,11,14,26,45H2,1-2H3/b13-4-. The highest BCUT2D eigenvalue weighted by molar-refractivity contribution is 6.24. The van der Waals surface area contributed by atoms with Crippen LogP contribution < -0.4 is 5.73 Å². The Morgan fingerprint density at radius 1 is 0.696 bits per heavy atom. The monoisotopic (exact) mass is 594 g/mol. The van der Waals surface area contributed by atoms with E-state index in [2.05, 4.69) is 142 Å². The summed E-state index contributed by atoms with van der Waals surface area (Å²) in [6.07, 6.45) is 7.95. The molecule has 0 aliphatic carbocycles. The van der Waals surface area contributed by atoms with Crippen molar-refractivity contribution >= 4 is 44.0 Å². The van der Waals surface area contributed by atoms with Gasteiger partial charge < -0.3 is 5.73 Å². The van der Waals surface area contributed by atoms with E-state index in [1.54, 1.807) is 0 Å². The van der Waals surface area contributed by atoms with Crippen LogP contribution in [0.2, 0.25) is 0 Å². The Morgan fingerprint density at radius 3 is 1.91 bits per heavy atom. The number of rotatable bonds is 8. The minimum Gasteiger partial charge on any atom is -0.330 e. The van der Waals surface area contributed by atoms with Gasteiger partial charge >= 0.3 is 0 Å². The topological polar surface area (TPSA) is 38.9 Å². The maximum atomic E-state index is 5.84. The zero-order chi connectivity index (χ0) is 31.6. The molecule has 0 unspecified atom stereocenters. The van der Waals surface area contributed by atoms with Crippen molar-refractivity contribution in [2.75, 3.05) is 6.54 Å². The number of hydrogen-bond donors (Lipinski definition) is 1. The molecule has 0 saturated carbocycles. The molecule has 2 heteroatoms. The van der Waals surface area contributed by atoms with Crippen molar-refractivity contribution in [2.45, 2.75) is 26.7 Å². The van der Waals surface area contributed by atoms with Crippen LogP contribution in [-0.2, 0) is 0 Å². The van der Waals surface area contributed by atoms with Gasteiger partial charge in [0.15, 0.2) is 0 Å². The Balaban J connectivity index is 1.52. The molecule has 2 nitrogen and oxygen atoms in total. The lowest BCUT2D eigenvalue weighted by Crippen LogP contribution is -2.00. The van der Waals surface area contributed by atoms with Crippen molar-refractivity contribution in [3.05, 3.63) is 151 Å². The third-order valence-electron chi connectivity index (χ3n) is 9.17. The average Bonchev–Trinajstić information content (AvgIpc) is 3.10. The molecule has 7 rings (SSSR count). The van der Waals surface area contributed by atoms with Crippen LogP contribution in [0.25, 0.3) is 77.5 Å². The summed E-state index contributed by atoms with van der Waals surface area (Å²) in [6, 6.07) is 42.0. The van der Waals surface area contributed by atoms with Crippen LogP contribution in [0, 0.1) is 6.92 Å². The molecule has 0 saturated heterocycles. The molecule has 0 fully saturated rings. The summed E-state index contributed by atoms with van der Waals surface area (Å²) in [5, 5.41) is 7.38. The predicted octanol–water partition coefficient (Wildman–Crippen LogP) is 11.6. The van der Waals surface area contributed by atoms with E-state index in [1.165, 1.54) is 65.7 Å². The number of pyridine rings is 1. The Morgan fingerprint density at radius 2 is 1.28 bits per heavy atom. The summed E-state index contributed by atoms with van der Waals surface area (Å²) in [6.45, 7) is 9.32. The van der Waals surface area contributed by atoms with Crippen LogP contribution in [0.3, 0.4) is 0 Å².